The van der Waals surface area contributed by atoms with Gasteiger partial charge in [-0.05, 0) is 20.4 Å². The van der Waals surface area contributed by atoms with E-state index in [0.29, 0.717) is 31.0 Å². The van der Waals surface area contributed by atoms with Crippen LogP contribution in [-0.4, -0.2) is 29.3 Å². The van der Waals surface area contributed by atoms with E-state index in [-0.39, 0.29) is 0 Å². The van der Waals surface area contributed by atoms with E-state index in [1.807, 2.05) is 6.92 Å². The molecule has 0 aromatic carbocycles. The Morgan fingerprint density at radius 3 is 2.93 bits per heavy atom. The zero-order valence-corrected chi connectivity index (χ0v) is 9.62. The predicted molar refractivity (Wildman–Crippen MR) is 56.5 cm³/mol. The van der Waals surface area contributed by atoms with E-state index >= 15 is 0 Å². The lowest BCUT2D eigenvalue weighted by molar-refractivity contribution is 0.126. The molecule has 1 aromatic heterocycles. The quantitative estimate of drug-likeness (QED) is 0.736. The number of rotatable bonds is 7. The van der Waals surface area contributed by atoms with E-state index in [2.05, 4.69) is 29.3 Å². The summed E-state index contributed by atoms with van der Waals surface area (Å²) in [5, 5.41) is 7.12. The molecule has 1 rings (SSSR count). The lowest BCUT2D eigenvalue weighted by Gasteiger charge is -2.07. The summed E-state index contributed by atoms with van der Waals surface area (Å²) in [6.07, 6.45) is 0.757. The number of nitrogens with one attached hydrogen (secondary N) is 1. The third kappa shape index (κ3) is 4.40. The molecule has 0 bridgehead atoms. The molecule has 15 heavy (non-hydrogen) atoms. The molecular weight excluding hydrogens is 194 g/mol. The van der Waals surface area contributed by atoms with Crippen LogP contribution in [-0.2, 0) is 17.8 Å². The largest absolute Gasteiger partial charge is 0.374 e. The molecule has 5 heteroatoms. The van der Waals surface area contributed by atoms with Crippen LogP contribution in [0.25, 0.3) is 0 Å². The fraction of sp³-hybridized carbons (Fsp3) is 0.800. The normalized spacial score (nSPS) is 13.0. The smallest absolute Gasteiger partial charge is 0.228 e. The fourth-order valence-electron chi connectivity index (χ4n) is 1.31. The molecule has 0 aliphatic rings. The Morgan fingerprint density at radius 2 is 2.27 bits per heavy atom. The zero-order chi connectivity index (χ0) is 11.1. The first-order chi connectivity index (χ1) is 7.26. The number of likely N-dealkylation sites (N-methyl/N-ethyl adjacent to an activating group) is 1. The third-order valence-electron chi connectivity index (χ3n) is 1.98. The van der Waals surface area contributed by atoms with Crippen molar-refractivity contribution in [1.82, 2.24) is 15.5 Å². The molecule has 1 unspecified atom stereocenters. The van der Waals surface area contributed by atoms with Crippen LogP contribution in [0.15, 0.2) is 4.52 Å². The van der Waals surface area contributed by atoms with Crippen LogP contribution < -0.4 is 5.32 Å². The predicted octanol–water partition coefficient (Wildman–Crippen LogP) is 1.15. The van der Waals surface area contributed by atoms with Crippen LogP contribution in [0.4, 0.5) is 0 Å². The summed E-state index contributed by atoms with van der Waals surface area (Å²) in [5.41, 5.74) is 0. The maximum Gasteiger partial charge on any atom is 0.228 e. The molecule has 0 saturated heterocycles. The first-order valence-electron chi connectivity index (χ1n) is 5.38. The topological polar surface area (TPSA) is 60.2 Å². The van der Waals surface area contributed by atoms with Crippen LogP contribution in [0, 0.1) is 0 Å². The van der Waals surface area contributed by atoms with Gasteiger partial charge in [0.2, 0.25) is 5.89 Å². The summed E-state index contributed by atoms with van der Waals surface area (Å²) >= 11 is 0. The summed E-state index contributed by atoms with van der Waals surface area (Å²) in [6.45, 7) is 8.14. The zero-order valence-electron chi connectivity index (χ0n) is 9.62. The van der Waals surface area contributed by atoms with Gasteiger partial charge in [-0.3, -0.25) is 0 Å². The Balaban J connectivity index is 2.38. The minimum absolute atomic E-state index is 0.357. The maximum atomic E-state index is 5.18. The average Bonchev–Trinajstić information content (AvgIpc) is 2.63. The monoisotopic (exact) mass is 213 g/mol. The van der Waals surface area contributed by atoms with Gasteiger partial charge in [-0.1, -0.05) is 12.1 Å². The minimum atomic E-state index is 0.357. The highest BCUT2D eigenvalue weighted by Gasteiger charge is 2.09. The van der Waals surface area contributed by atoms with Gasteiger partial charge in [-0.15, -0.1) is 0 Å². The lowest BCUT2D eigenvalue weighted by atomic mass is 10.2. The second-order valence-corrected chi connectivity index (χ2v) is 3.40. The molecule has 1 heterocycles. The standard InChI is InChI=1S/C10H19N3O2/c1-4-11-8(3)6-10-12-9(13-15-10)7-14-5-2/h8,11H,4-7H2,1-3H3. The highest BCUT2D eigenvalue weighted by Crippen LogP contribution is 2.02. The SMILES string of the molecule is CCNC(C)Cc1nc(COCC)no1. The van der Waals surface area contributed by atoms with Gasteiger partial charge in [0.15, 0.2) is 5.82 Å². The van der Waals surface area contributed by atoms with Gasteiger partial charge >= 0.3 is 0 Å². The fourth-order valence-corrected chi connectivity index (χ4v) is 1.31. The number of hydrogen-bond acceptors (Lipinski definition) is 5. The van der Waals surface area contributed by atoms with Crippen LogP contribution in [0.3, 0.4) is 0 Å². The second-order valence-electron chi connectivity index (χ2n) is 3.40. The highest BCUT2D eigenvalue weighted by molar-refractivity contribution is 4.87. The van der Waals surface area contributed by atoms with Crippen molar-refractivity contribution in [3.05, 3.63) is 11.7 Å². The molecule has 86 valence electrons. The maximum absolute atomic E-state index is 5.18. The summed E-state index contributed by atoms with van der Waals surface area (Å²) in [5.74, 6) is 1.29. The Hall–Kier alpha value is -0.940. The molecule has 0 spiro atoms. The van der Waals surface area contributed by atoms with E-state index in [0.717, 1.165) is 13.0 Å². The van der Waals surface area contributed by atoms with Gasteiger partial charge in [0.25, 0.3) is 0 Å². The first-order valence-corrected chi connectivity index (χ1v) is 5.38. The van der Waals surface area contributed by atoms with Crippen LogP contribution >= 0.6 is 0 Å². The van der Waals surface area contributed by atoms with Crippen molar-refractivity contribution >= 4 is 0 Å². The molecule has 1 atom stereocenters. The van der Waals surface area contributed by atoms with Crippen LogP contribution in [0.5, 0.6) is 0 Å². The Bertz CT molecular complexity index is 275. The Kier molecular flexibility index (Phi) is 5.28. The van der Waals surface area contributed by atoms with E-state index in [4.69, 9.17) is 9.26 Å². The average molecular weight is 213 g/mol. The minimum Gasteiger partial charge on any atom is -0.374 e. The summed E-state index contributed by atoms with van der Waals surface area (Å²) in [6, 6.07) is 0.357. The summed E-state index contributed by atoms with van der Waals surface area (Å²) in [7, 11) is 0. The molecule has 0 aliphatic heterocycles. The van der Waals surface area contributed by atoms with Gasteiger partial charge in [-0.25, -0.2) is 0 Å². The van der Waals surface area contributed by atoms with Crippen molar-refractivity contribution in [2.45, 2.75) is 39.8 Å². The lowest BCUT2D eigenvalue weighted by Crippen LogP contribution is -2.27. The van der Waals surface area contributed by atoms with E-state index in [9.17, 15) is 0 Å². The summed E-state index contributed by atoms with van der Waals surface area (Å²) < 4.78 is 10.3. The molecular formula is C10H19N3O2. The van der Waals surface area contributed by atoms with E-state index in [1.165, 1.54) is 0 Å². The van der Waals surface area contributed by atoms with E-state index < -0.39 is 0 Å². The third-order valence-corrected chi connectivity index (χ3v) is 1.98. The van der Waals surface area contributed by atoms with Crippen molar-refractivity contribution in [3.63, 3.8) is 0 Å². The van der Waals surface area contributed by atoms with Crippen molar-refractivity contribution in [2.75, 3.05) is 13.2 Å². The van der Waals surface area contributed by atoms with Crippen molar-refractivity contribution in [3.8, 4) is 0 Å². The molecule has 1 aromatic rings. The Labute approximate surface area is 90.2 Å². The molecule has 5 nitrogen and oxygen atoms in total. The molecule has 0 aliphatic carbocycles. The van der Waals surface area contributed by atoms with Gasteiger partial charge in [0.05, 0.1) is 0 Å². The van der Waals surface area contributed by atoms with Crippen molar-refractivity contribution in [1.29, 1.82) is 0 Å². The van der Waals surface area contributed by atoms with E-state index in [1.54, 1.807) is 0 Å². The van der Waals surface area contributed by atoms with Gasteiger partial charge in [0, 0.05) is 19.1 Å². The number of ether oxygens (including phenoxy) is 1. The first kappa shape index (κ1) is 12.1. The highest BCUT2D eigenvalue weighted by atomic mass is 16.5. The molecule has 0 amide bonds. The number of nitrogens with zero attached hydrogens (tertiary/aromatic N) is 2. The molecule has 0 radical (unpaired) electrons. The second kappa shape index (κ2) is 6.53. The van der Waals surface area contributed by atoms with Crippen LogP contribution in [0.1, 0.15) is 32.5 Å². The summed E-state index contributed by atoms with van der Waals surface area (Å²) in [4.78, 5) is 4.23. The molecule has 1 N–H and O–H groups in total. The van der Waals surface area contributed by atoms with Gasteiger partial charge in [-0.2, -0.15) is 4.98 Å². The van der Waals surface area contributed by atoms with Crippen molar-refractivity contribution in [2.24, 2.45) is 0 Å². The molecule has 0 saturated carbocycles. The van der Waals surface area contributed by atoms with Gasteiger partial charge in [0.1, 0.15) is 6.61 Å². The number of aromatic nitrogens is 2. The Morgan fingerprint density at radius 1 is 1.47 bits per heavy atom. The van der Waals surface area contributed by atoms with Gasteiger partial charge < -0.3 is 14.6 Å². The molecule has 0 fully saturated rings. The van der Waals surface area contributed by atoms with Crippen molar-refractivity contribution < 1.29 is 9.26 Å². The van der Waals surface area contributed by atoms with Crippen LogP contribution in [0.2, 0.25) is 0 Å². The number of hydrogen-bond donors (Lipinski definition) is 1.